The minimum absolute atomic E-state index is 0.0110. The molecule has 1 N–H and O–H groups in total. The monoisotopic (exact) mass is 490 g/mol. The molecule has 7 nitrogen and oxygen atoms in total. The van der Waals surface area contributed by atoms with Crippen LogP contribution in [0.15, 0.2) is 79.1 Å². The van der Waals surface area contributed by atoms with E-state index in [0.717, 1.165) is 39.1 Å². The van der Waals surface area contributed by atoms with E-state index in [4.69, 9.17) is 9.47 Å². The van der Waals surface area contributed by atoms with Crippen molar-refractivity contribution in [1.82, 2.24) is 19.7 Å². The van der Waals surface area contributed by atoms with Gasteiger partial charge in [-0.2, -0.15) is 5.10 Å². The van der Waals surface area contributed by atoms with Crippen molar-refractivity contribution in [2.75, 3.05) is 7.11 Å². The van der Waals surface area contributed by atoms with Gasteiger partial charge >= 0.3 is 0 Å². The Balaban J connectivity index is 1.26. The Morgan fingerprint density at radius 1 is 1.00 bits per heavy atom. The lowest BCUT2D eigenvalue weighted by atomic mass is 10.1. The number of ether oxygens (including phenoxy) is 2. The van der Waals surface area contributed by atoms with Crippen LogP contribution in [0.3, 0.4) is 0 Å². The van der Waals surface area contributed by atoms with Gasteiger partial charge in [-0.1, -0.05) is 24.3 Å². The minimum Gasteiger partial charge on any atom is -0.496 e. The molecule has 0 fully saturated rings. The highest BCUT2D eigenvalue weighted by atomic mass is 16.5. The SMILES string of the molecule is COc1cc(OCc2ccccn2)ccc1C=Cc1cc(C=Cc2ccc3ccn(C(C)=O)c3c2)n[nH]1. The van der Waals surface area contributed by atoms with Gasteiger partial charge in [-0.3, -0.25) is 19.4 Å². The molecule has 5 aromatic rings. The van der Waals surface area contributed by atoms with Crippen LogP contribution in [0.4, 0.5) is 0 Å². The van der Waals surface area contributed by atoms with Crippen LogP contribution >= 0.6 is 0 Å². The molecule has 37 heavy (non-hydrogen) atoms. The molecule has 0 bridgehead atoms. The standard InChI is InChI=1S/C30H26N4O3/c1-21(35)34-16-14-23-8-6-22(17-29(23)34)7-11-25-18-26(33-32-25)12-9-24-10-13-28(19-30(24)36-2)37-20-27-5-3-4-15-31-27/h3-19H,20H2,1-2H3,(H,32,33). The first-order chi connectivity index (χ1) is 18.1. The molecule has 7 heteroatoms. The highest BCUT2D eigenvalue weighted by molar-refractivity contribution is 5.93. The van der Waals surface area contributed by atoms with Crippen molar-refractivity contribution >= 4 is 41.1 Å². The number of nitrogens with zero attached hydrogens (tertiary/aromatic N) is 3. The Morgan fingerprint density at radius 2 is 1.92 bits per heavy atom. The number of benzene rings is 2. The average molecular weight is 491 g/mol. The van der Waals surface area contributed by atoms with Crippen LogP contribution in [0.1, 0.15) is 39.9 Å². The lowest BCUT2D eigenvalue weighted by molar-refractivity contribution is 0.0941. The van der Waals surface area contributed by atoms with Gasteiger partial charge in [0.2, 0.25) is 5.91 Å². The second kappa shape index (κ2) is 10.8. The average Bonchev–Trinajstić information content (AvgIpc) is 3.57. The highest BCUT2D eigenvalue weighted by Gasteiger charge is 2.06. The fourth-order valence-corrected chi connectivity index (χ4v) is 3.97. The third-order valence-electron chi connectivity index (χ3n) is 5.88. The molecule has 0 saturated heterocycles. The van der Waals surface area contributed by atoms with Crippen LogP contribution in [0, 0.1) is 0 Å². The molecule has 0 amide bonds. The van der Waals surface area contributed by atoms with Crippen LogP contribution in [0.5, 0.6) is 11.5 Å². The quantitative estimate of drug-likeness (QED) is 0.274. The lowest BCUT2D eigenvalue weighted by Crippen LogP contribution is -2.02. The number of carbonyl (C=O) groups is 1. The van der Waals surface area contributed by atoms with Crippen LogP contribution in [0.2, 0.25) is 0 Å². The van der Waals surface area contributed by atoms with E-state index in [1.54, 1.807) is 31.0 Å². The van der Waals surface area contributed by atoms with Crippen LogP contribution < -0.4 is 9.47 Å². The molecular weight excluding hydrogens is 464 g/mol. The molecule has 0 radical (unpaired) electrons. The number of nitrogens with one attached hydrogen (secondary N) is 1. The maximum atomic E-state index is 11.8. The number of fused-ring (bicyclic) bond motifs is 1. The number of methoxy groups -OCH3 is 1. The number of carbonyl (C=O) groups excluding carboxylic acids is 1. The predicted octanol–water partition coefficient (Wildman–Crippen LogP) is 6.35. The zero-order chi connectivity index (χ0) is 25.6. The number of rotatable bonds is 8. The fraction of sp³-hybridized carbons (Fsp3) is 0.100. The van der Waals surface area contributed by atoms with Gasteiger partial charge in [0, 0.05) is 36.3 Å². The van der Waals surface area contributed by atoms with Gasteiger partial charge in [0.1, 0.15) is 18.1 Å². The van der Waals surface area contributed by atoms with E-state index in [1.165, 1.54) is 0 Å². The molecule has 3 aromatic heterocycles. The third kappa shape index (κ3) is 5.67. The maximum Gasteiger partial charge on any atom is 0.227 e. The zero-order valence-electron chi connectivity index (χ0n) is 20.6. The van der Waals surface area contributed by atoms with Gasteiger partial charge in [0.25, 0.3) is 0 Å². The molecule has 0 unspecified atom stereocenters. The fourth-order valence-electron chi connectivity index (χ4n) is 3.97. The van der Waals surface area contributed by atoms with Crippen molar-refractivity contribution in [3.63, 3.8) is 0 Å². The summed E-state index contributed by atoms with van der Waals surface area (Å²) in [6.07, 6.45) is 11.4. The lowest BCUT2D eigenvalue weighted by Gasteiger charge is -2.09. The highest BCUT2D eigenvalue weighted by Crippen LogP contribution is 2.27. The molecule has 3 heterocycles. The van der Waals surface area contributed by atoms with E-state index in [1.807, 2.05) is 91.0 Å². The zero-order valence-corrected chi connectivity index (χ0v) is 20.6. The number of aromatic nitrogens is 4. The Bertz CT molecular complexity index is 1600. The Hall–Kier alpha value is -4.91. The van der Waals surface area contributed by atoms with Crippen LogP contribution in [0.25, 0.3) is 35.2 Å². The summed E-state index contributed by atoms with van der Waals surface area (Å²) < 4.78 is 13.1. The second-order valence-electron chi connectivity index (χ2n) is 8.45. The van der Waals surface area contributed by atoms with Crippen molar-refractivity contribution in [1.29, 1.82) is 0 Å². The molecule has 0 aliphatic rings. The first-order valence-corrected chi connectivity index (χ1v) is 11.8. The number of hydrogen-bond acceptors (Lipinski definition) is 5. The summed E-state index contributed by atoms with van der Waals surface area (Å²) in [5.41, 5.74) is 5.32. The van der Waals surface area contributed by atoms with Gasteiger partial charge in [0.05, 0.1) is 29.7 Å². The summed E-state index contributed by atoms with van der Waals surface area (Å²) in [4.78, 5) is 16.1. The van der Waals surface area contributed by atoms with Crippen LogP contribution in [-0.4, -0.2) is 32.8 Å². The molecule has 184 valence electrons. The predicted molar refractivity (Wildman–Crippen MR) is 146 cm³/mol. The normalized spacial score (nSPS) is 11.5. The van der Waals surface area contributed by atoms with Gasteiger partial charge in [-0.05, 0) is 66.3 Å². The van der Waals surface area contributed by atoms with E-state index < -0.39 is 0 Å². The topological polar surface area (TPSA) is 82.0 Å². The molecular formula is C30H26N4O3. The Morgan fingerprint density at radius 3 is 2.73 bits per heavy atom. The number of H-pyrrole nitrogens is 1. The van der Waals surface area contributed by atoms with Gasteiger partial charge in [0.15, 0.2) is 0 Å². The van der Waals surface area contributed by atoms with Crippen molar-refractivity contribution in [3.05, 3.63) is 107 Å². The number of aromatic amines is 1. The van der Waals surface area contributed by atoms with Crippen LogP contribution in [-0.2, 0) is 6.61 Å². The van der Waals surface area contributed by atoms with Gasteiger partial charge < -0.3 is 9.47 Å². The first-order valence-electron chi connectivity index (χ1n) is 11.8. The molecule has 0 saturated carbocycles. The van der Waals surface area contributed by atoms with E-state index in [0.29, 0.717) is 18.1 Å². The Labute approximate surface area is 214 Å². The van der Waals surface area contributed by atoms with E-state index in [2.05, 4.69) is 15.2 Å². The van der Waals surface area contributed by atoms with Gasteiger partial charge in [-0.15, -0.1) is 0 Å². The molecule has 0 aliphatic carbocycles. The Kier molecular flexibility index (Phi) is 6.94. The molecule has 5 rings (SSSR count). The van der Waals surface area contributed by atoms with Crippen molar-refractivity contribution in [2.45, 2.75) is 13.5 Å². The molecule has 0 aliphatic heterocycles. The maximum absolute atomic E-state index is 11.8. The van der Waals surface area contributed by atoms with Crippen molar-refractivity contribution in [2.24, 2.45) is 0 Å². The van der Waals surface area contributed by atoms with E-state index >= 15 is 0 Å². The van der Waals surface area contributed by atoms with Crippen molar-refractivity contribution < 1.29 is 14.3 Å². The third-order valence-corrected chi connectivity index (χ3v) is 5.88. The first kappa shape index (κ1) is 23.8. The number of pyridine rings is 1. The molecule has 0 spiro atoms. The number of hydrogen-bond donors (Lipinski definition) is 1. The smallest absolute Gasteiger partial charge is 0.227 e. The summed E-state index contributed by atoms with van der Waals surface area (Å²) in [7, 11) is 1.64. The summed E-state index contributed by atoms with van der Waals surface area (Å²) in [6, 6.07) is 21.4. The summed E-state index contributed by atoms with van der Waals surface area (Å²) >= 11 is 0. The summed E-state index contributed by atoms with van der Waals surface area (Å²) in [6.45, 7) is 1.95. The summed E-state index contributed by atoms with van der Waals surface area (Å²) in [5, 5.41) is 8.44. The second-order valence-corrected chi connectivity index (χ2v) is 8.45. The molecule has 2 aromatic carbocycles. The summed E-state index contributed by atoms with van der Waals surface area (Å²) in [5.74, 6) is 1.41. The van der Waals surface area contributed by atoms with E-state index in [9.17, 15) is 4.79 Å². The van der Waals surface area contributed by atoms with Crippen molar-refractivity contribution in [3.8, 4) is 11.5 Å². The largest absolute Gasteiger partial charge is 0.496 e. The molecule has 0 atom stereocenters. The van der Waals surface area contributed by atoms with Gasteiger partial charge in [-0.25, -0.2) is 0 Å². The van der Waals surface area contributed by atoms with E-state index in [-0.39, 0.29) is 5.91 Å². The minimum atomic E-state index is -0.0110.